The lowest BCUT2D eigenvalue weighted by molar-refractivity contribution is -0.133. The monoisotopic (exact) mass is 325 g/mol. The molecule has 0 aliphatic carbocycles. The number of hydrogen-bond donors (Lipinski definition) is 2. The molecule has 0 saturated heterocycles. The smallest absolute Gasteiger partial charge is 0.261 e. The van der Waals surface area contributed by atoms with Crippen molar-refractivity contribution < 1.29 is 19.1 Å². The molecule has 0 saturated carbocycles. The maximum Gasteiger partial charge on any atom is 0.261 e. The van der Waals surface area contributed by atoms with Crippen LogP contribution in [0.3, 0.4) is 0 Å². The van der Waals surface area contributed by atoms with Gasteiger partial charge in [0.15, 0.2) is 11.4 Å². The molecule has 2 N–H and O–H groups in total. The van der Waals surface area contributed by atoms with Crippen LogP contribution in [0, 0.1) is 0 Å². The normalized spacial score (nSPS) is 20.2. The Hall–Kier alpha value is -1.82. The average Bonchev–Trinajstić information content (AvgIpc) is 3.01. The van der Waals surface area contributed by atoms with Crippen molar-refractivity contribution in [3.63, 3.8) is 0 Å². The van der Waals surface area contributed by atoms with E-state index in [9.17, 15) is 14.7 Å². The molecule has 108 valence electrons. The zero-order valence-corrected chi connectivity index (χ0v) is 12.0. The van der Waals surface area contributed by atoms with Gasteiger partial charge in [0.1, 0.15) is 0 Å². The molecule has 1 aliphatic heterocycles. The molecule has 3 rings (SSSR count). The number of benzene rings is 1. The van der Waals surface area contributed by atoms with Crippen molar-refractivity contribution >= 4 is 40.6 Å². The number of carbonyl (C=O) groups is 2. The largest absolute Gasteiger partial charge is 0.461 e. The molecule has 2 aromatic rings. The summed E-state index contributed by atoms with van der Waals surface area (Å²) >= 11 is 11.9. The third kappa shape index (κ3) is 2.23. The zero-order valence-electron chi connectivity index (χ0n) is 10.5. The van der Waals surface area contributed by atoms with Gasteiger partial charge in [-0.25, -0.2) is 0 Å². The summed E-state index contributed by atoms with van der Waals surface area (Å²) in [6, 6.07) is 5.87. The van der Waals surface area contributed by atoms with Gasteiger partial charge in [-0.2, -0.15) is 0 Å². The average molecular weight is 326 g/mol. The quantitative estimate of drug-likeness (QED) is 0.850. The highest BCUT2D eigenvalue weighted by Gasteiger charge is 2.48. The number of furan rings is 1. The van der Waals surface area contributed by atoms with Gasteiger partial charge in [-0.3, -0.25) is 9.59 Å². The Kier molecular flexibility index (Phi) is 3.28. The second-order valence-corrected chi connectivity index (χ2v) is 5.55. The highest BCUT2D eigenvalue weighted by Crippen LogP contribution is 2.44. The predicted octanol–water partition coefficient (Wildman–Crippen LogP) is 3.00. The highest BCUT2D eigenvalue weighted by molar-refractivity contribution is 6.37. The van der Waals surface area contributed by atoms with E-state index in [1.165, 1.54) is 24.5 Å². The molecule has 1 atom stereocenters. The SMILES string of the molecule is O=C(C[C@@]1(O)C(=O)Nc2c(Cl)cc(Cl)cc21)c1ccco1. The number of rotatable bonds is 3. The minimum absolute atomic E-state index is 0.0674. The number of carbonyl (C=O) groups excluding carboxylic acids is 2. The second kappa shape index (κ2) is 4.87. The van der Waals surface area contributed by atoms with Crippen LogP contribution in [-0.4, -0.2) is 16.8 Å². The Bertz CT molecular complexity index is 742. The van der Waals surface area contributed by atoms with Crippen LogP contribution in [0.15, 0.2) is 34.9 Å². The fourth-order valence-corrected chi connectivity index (χ4v) is 2.84. The Labute approximate surface area is 129 Å². The van der Waals surface area contributed by atoms with Crippen molar-refractivity contribution in [1.82, 2.24) is 0 Å². The molecule has 5 nitrogen and oxygen atoms in total. The highest BCUT2D eigenvalue weighted by atomic mass is 35.5. The summed E-state index contributed by atoms with van der Waals surface area (Å²) in [6.45, 7) is 0. The van der Waals surface area contributed by atoms with E-state index in [-0.39, 0.29) is 27.1 Å². The molecular formula is C14H9Cl2NO4. The first kappa shape index (κ1) is 14.1. The third-order valence-corrected chi connectivity index (χ3v) is 3.84. The van der Waals surface area contributed by atoms with E-state index in [4.69, 9.17) is 27.6 Å². The molecule has 1 aromatic carbocycles. The topological polar surface area (TPSA) is 79.5 Å². The lowest BCUT2D eigenvalue weighted by Crippen LogP contribution is -2.36. The summed E-state index contributed by atoms with van der Waals surface area (Å²) in [5.74, 6) is -1.15. The van der Waals surface area contributed by atoms with E-state index in [0.717, 1.165) is 0 Å². The van der Waals surface area contributed by atoms with E-state index in [0.29, 0.717) is 0 Å². The molecule has 2 heterocycles. The number of nitrogens with one attached hydrogen (secondary N) is 1. The lowest BCUT2D eigenvalue weighted by Gasteiger charge is -2.19. The van der Waals surface area contributed by atoms with Gasteiger partial charge >= 0.3 is 0 Å². The number of hydrogen-bond acceptors (Lipinski definition) is 4. The maximum atomic E-state index is 12.1. The summed E-state index contributed by atoms with van der Waals surface area (Å²) in [6.07, 6.45) is 0.879. The first-order valence-electron chi connectivity index (χ1n) is 6.02. The van der Waals surface area contributed by atoms with Crippen molar-refractivity contribution in [2.75, 3.05) is 5.32 Å². The third-order valence-electron chi connectivity index (χ3n) is 3.33. The van der Waals surface area contributed by atoms with Gasteiger partial charge in [0.25, 0.3) is 5.91 Å². The molecule has 0 spiro atoms. The van der Waals surface area contributed by atoms with E-state index in [1.807, 2.05) is 0 Å². The van der Waals surface area contributed by atoms with Gasteiger partial charge in [-0.1, -0.05) is 23.2 Å². The number of amides is 1. The Morgan fingerprint density at radius 2 is 2.14 bits per heavy atom. The van der Waals surface area contributed by atoms with Crippen LogP contribution in [0.4, 0.5) is 5.69 Å². The predicted molar refractivity (Wildman–Crippen MR) is 76.6 cm³/mol. The number of anilines is 1. The molecule has 1 aromatic heterocycles. The Morgan fingerprint density at radius 1 is 1.38 bits per heavy atom. The summed E-state index contributed by atoms with van der Waals surface area (Å²) < 4.78 is 4.98. The van der Waals surface area contributed by atoms with Gasteiger partial charge in [0.05, 0.1) is 23.4 Å². The van der Waals surface area contributed by atoms with E-state index >= 15 is 0 Å². The summed E-state index contributed by atoms with van der Waals surface area (Å²) in [5.41, 5.74) is -1.57. The van der Waals surface area contributed by atoms with Gasteiger partial charge < -0.3 is 14.8 Å². The van der Waals surface area contributed by atoms with Crippen LogP contribution in [0.5, 0.6) is 0 Å². The van der Waals surface area contributed by atoms with Gasteiger partial charge in [-0.05, 0) is 24.3 Å². The molecule has 0 unspecified atom stereocenters. The molecule has 1 aliphatic rings. The van der Waals surface area contributed by atoms with Crippen molar-refractivity contribution in [2.24, 2.45) is 0 Å². The molecule has 1 amide bonds. The number of ketones is 1. The van der Waals surface area contributed by atoms with E-state index < -0.39 is 23.7 Å². The first-order chi connectivity index (χ1) is 9.91. The molecule has 0 fully saturated rings. The minimum Gasteiger partial charge on any atom is -0.461 e. The van der Waals surface area contributed by atoms with Crippen LogP contribution in [0.2, 0.25) is 10.0 Å². The zero-order chi connectivity index (χ0) is 15.2. The van der Waals surface area contributed by atoms with Crippen LogP contribution in [0.1, 0.15) is 22.5 Å². The first-order valence-corrected chi connectivity index (χ1v) is 6.77. The second-order valence-electron chi connectivity index (χ2n) is 4.70. The molecule has 7 heteroatoms. The maximum absolute atomic E-state index is 12.1. The van der Waals surface area contributed by atoms with Crippen LogP contribution < -0.4 is 5.32 Å². The van der Waals surface area contributed by atoms with Crippen LogP contribution in [0.25, 0.3) is 0 Å². The van der Waals surface area contributed by atoms with Gasteiger partial charge in [-0.15, -0.1) is 0 Å². The standard InChI is InChI=1S/C14H9Cl2NO4/c15-7-4-8-12(9(16)5-7)17-13(19)14(8,20)6-10(18)11-2-1-3-21-11/h1-5,20H,6H2,(H,17,19)/t14-/m0/s1. The van der Waals surface area contributed by atoms with E-state index in [2.05, 4.69) is 5.32 Å². The molecule has 0 bridgehead atoms. The number of Topliss-reactive ketones (excluding diaryl/α,β-unsaturated/α-hetero) is 1. The van der Waals surface area contributed by atoms with Gasteiger partial charge in [0, 0.05) is 10.6 Å². The van der Waals surface area contributed by atoms with Crippen molar-refractivity contribution in [3.05, 3.63) is 51.9 Å². The van der Waals surface area contributed by atoms with Crippen LogP contribution >= 0.6 is 23.2 Å². The number of halogens is 2. The summed E-state index contributed by atoms with van der Waals surface area (Å²) in [7, 11) is 0. The fourth-order valence-electron chi connectivity index (χ4n) is 2.30. The summed E-state index contributed by atoms with van der Waals surface area (Å²) in [4.78, 5) is 24.2. The Morgan fingerprint density at radius 3 is 2.81 bits per heavy atom. The van der Waals surface area contributed by atoms with Crippen LogP contribution in [-0.2, 0) is 10.4 Å². The lowest BCUT2D eigenvalue weighted by atomic mass is 9.89. The minimum atomic E-state index is -2.02. The van der Waals surface area contributed by atoms with Crippen molar-refractivity contribution in [2.45, 2.75) is 12.0 Å². The van der Waals surface area contributed by atoms with Gasteiger partial charge in [0.2, 0.25) is 5.78 Å². The van der Waals surface area contributed by atoms with E-state index in [1.54, 1.807) is 6.07 Å². The summed E-state index contributed by atoms with van der Waals surface area (Å²) in [5, 5.41) is 13.6. The number of fused-ring (bicyclic) bond motifs is 1. The molecular weight excluding hydrogens is 317 g/mol. The van der Waals surface area contributed by atoms with Crippen molar-refractivity contribution in [3.8, 4) is 0 Å². The van der Waals surface area contributed by atoms with Crippen molar-refractivity contribution in [1.29, 1.82) is 0 Å². The Balaban J connectivity index is 2.02. The molecule has 0 radical (unpaired) electrons. The number of aliphatic hydroxyl groups is 1. The fraction of sp³-hybridized carbons (Fsp3) is 0.143. The molecule has 21 heavy (non-hydrogen) atoms.